The van der Waals surface area contributed by atoms with E-state index in [1.807, 2.05) is 24.3 Å². The van der Waals surface area contributed by atoms with Gasteiger partial charge in [-0.15, -0.1) is 11.3 Å². The molecule has 44 heavy (non-hydrogen) atoms. The van der Waals surface area contributed by atoms with Crippen LogP contribution in [-0.4, -0.2) is 80.6 Å². The van der Waals surface area contributed by atoms with Crippen LogP contribution >= 0.6 is 11.3 Å². The summed E-state index contributed by atoms with van der Waals surface area (Å²) >= 11 is 1.23. The van der Waals surface area contributed by atoms with Crippen LogP contribution in [0.3, 0.4) is 0 Å². The molecule has 1 aliphatic heterocycles. The van der Waals surface area contributed by atoms with Crippen molar-refractivity contribution in [2.24, 2.45) is 23.7 Å². The molecular weight excluding hydrogens is 584 g/mol. The number of thiazole rings is 1. The highest BCUT2D eigenvalue weighted by molar-refractivity contribution is 7.20. The number of rotatable bonds is 8. The fraction of sp³-hybridized carbons (Fsp3) is 0.515. The van der Waals surface area contributed by atoms with Gasteiger partial charge in [0.05, 0.1) is 23.4 Å². The SMILES string of the molecule is O=C(NCCOC(=C1C2CC3CC(C2)CC1C3)c1ccc([C@@H]2O[C@H](CO)[C@H](O)[C@H](O)[C@H]2O)cc1)c1nc2ccc(O)cc2s1. The Morgan fingerprint density at radius 2 is 1.66 bits per heavy atom. The van der Waals surface area contributed by atoms with E-state index in [1.54, 1.807) is 18.2 Å². The molecule has 8 rings (SSSR count). The van der Waals surface area contributed by atoms with Crippen LogP contribution in [0.4, 0.5) is 0 Å². The Labute approximate surface area is 259 Å². The van der Waals surface area contributed by atoms with E-state index in [9.17, 15) is 30.3 Å². The Hall–Kier alpha value is -3.06. The smallest absolute Gasteiger partial charge is 0.280 e. The van der Waals surface area contributed by atoms with Gasteiger partial charge in [0.2, 0.25) is 0 Å². The van der Waals surface area contributed by atoms with Crippen LogP contribution in [-0.2, 0) is 9.47 Å². The Morgan fingerprint density at radius 3 is 2.34 bits per heavy atom. The molecule has 5 fully saturated rings. The third-order valence-corrected chi connectivity index (χ3v) is 10.9. The second kappa shape index (κ2) is 12.0. The van der Waals surface area contributed by atoms with Crippen molar-refractivity contribution >= 4 is 33.2 Å². The van der Waals surface area contributed by atoms with Crippen molar-refractivity contribution in [1.82, 2.24) is 10.3 Å². The Morgan fingerprint density at radius 1 is 0.955 bits per heavy atom. The third kappa shape index (κ3) is 5.50. The van der Waals surface area contributed by atoms with Crippen molar-refractivity contribution < 1.29 is 39.8 Å². The Balaban J connectivity index is 1.09. The number of aliphatic hydroxyl groups excluding tert-OH is 4. The second-order valence-corrected chi connectivity index (χ2v) is 13.8. The van der Waals surface area contributed by atoms with Crippen LogP contribution < -0.4 is 5.32 Å². The summed E-state index contributed by atoms with van der Waals surface area (Å²) < 4.78 is 13.0. The standard InChI is InChI=1S/C33H38N2O8S/c36-15-24-27(38)28(39)29(40)31(43-24)19-3-1-18(2-4-19)30(26-20-10-16-9-17(12-20)13-21(26)11-16)42-8-7-34-32(41)33-35-23-6-5-22(37)14-25(23)44-33/h1-6,14,16-17,20-21,24,27-29,31,36-40H,7-13,15H2,(H,34,41)/t16?,17?,20?,21?,24-,27+,28+,29-,31+/m1/s1. The van der Waals surface area contributed by atoms with E-state index in [0.717, 1.165) is 27.9 Å². The maximum Gasteiger partial charge on any atom is 0.280 e. The molecule has 1 aromatic heterocycles. The van der Waals surface area contributed by atoms with E-state index >= 15 is 0 Å². The molecule has 0 spiro atoms. The van der Waals surface area contributed by atoms with Gasteiger partial charge in [0, 0.05) is 5.56 Å². The number of hydrogen-bond acceptors (Lipinski definition) is 10. The Bertz CT molecular complexity index is 1520. The minimum Gasteiger partial charge on any atom is -0.508 e. The van der Waals surface area contributed by atoms with Gasteiger partial charge in [-0.2, -0.15) is 0 Å². The number of carbonyl (C=O) groups excluding carboxylic acids is 1. The van der Waals surface area contributed by atoms with Crippen molar-refractivity contribution in [1.29, 1.82) is 0 Å². The fourth-order valence-electron chi connectivity index (χ4n) is 8.00. The summed E-state index contributed by atoms with van der Waals surface area (Å²) in [7, 11) is 0. The van der Waals surface area contributed by atoms with Crippen LogP contribution in [0.15, 0.2) is 48.0 Å². The number of carbonyl (C=O) groups is 1. The minimum absolute atomic E-state index is 0.132. The van der Waals surface area contributed by atoms with E-state index in [4.69, 9.17) is 9.47 Å². The van der Waals surface area contributed by atoms with Gasteiger partial charge in [-0.3, -0.25) is 4.79 Å². The number of aliphatic hydroxyl groups is 4. The molecule has 2 aromatic carbocycles. The largest absolute Gasteiger partial charge is 0.508 e. The summed E-state index contributed by atoms with van der Waals surface area (Å²) in [5.74, 6) is 3.23. The lowest BCUT2D eigenvalue weighted by Crippen LogP contribution is -2.55. The van der Waals surface area contributed by atoms with Gasteiger partial charge >= 0.3 is 0 Å². The van der Waals surface area contributed by atoms with Gasteiger partial charge in [0.25, 0.3) is 5.91 Å². The van der Waals surface area contributed by atoms with Crippen LogP contribution in [0.1, 0.15) is 59.1 Å². The summed E-state index contributed by atoms with van der Waals surface area (Å²) in [5, 5.41) is 53.6. The number of hydrogen-bond donors (Lipinski definition) is 6. The number of nitrogens with zero attached hydrogens (tertiary/aromatic N) is 1. The first-order valence-corrected chi connectivity index (χ1v) is 16.3. The quantitative estimate of drug-likeness (QED) is 0.164. The maximum absolute atomic E-state index is 12.8. The lowest BCUT2D eigenvalue weighted by Gasteiger charge is -2.51. The van der Waals surface area contributed by atoms with Gasteiger partial charge in [-0.05, 0) is 85.1 Å². The zero-order valence-corrected chi connectivity index (χ0v) is 25.0. The topological polar surface area (TPSA) is 162 Å². The van der Waals surface area contributed by atoms with Gasteiger partial charge < -0.3 is 40.3 Å². The molecule has 1 amide bonds. The summed E-state index contributed by atoms with van der Waals surface area (Å²) in [5.41, 5.74) is 3.56. The minimum atomic E-state index is -1.44. The molecule has 10 nitrogen and oxygen atoms in total. The Kier molecular flexibility index (Phi) is 8.11. The zero-order valence-electron chi connectivity index (χ0n) is 24.2. The van der Waals surface area contributed by atoms with Crippen LogP contribution in [0, 0.1) is 23.7 Å². The summed E-state index contributed by atoms with van der Waals surface area (Å²) in [6.07, 6.45) is -0.00494. The third-order valence-electron chi connectivity index (χ3n) is 9.87. The molecule has 1 saturated heterocycles. The number of phenolic OH excluding ortho intramolecular Hbond substituents is 1. The molecule has 5 atom stereocenters. The predicted molar refractivity (Wildman–Crippen MR) is 163 cm³/mol. The normalized spacial score (nSPS) is 32.6. The molecule has 2 heterocycles. The van der Waals surface area contributed by atoms with Gasteiger partial charge in [0.15, 0.2) is 5.01 Å². The summed E-state index contributed by atoms with van der Waals surface area (Å²) in [6, 6.07) is 12.3. The number of aromatic hydroxyl groups is 1. The lowest BCUT2D eigenvalue weighted by molar-refractivity contribution is -0.231. The molecule has 4 aliphatic carbocycles. The van der Waals surface area contributed by atoms with E-state index in [1.165, 1.54) is 49.0 Å². The molecule has 11 heteroatoms. The van der Waals surface area contributed by atoms with E-state index < -0.39 is 37.1 Å². The van der Waals surface area contributed by atoms with E-state index in [0.29, 0.717) is 34.5 Å². The molecule has 0 radical (unpaired) electrons. The first kappa shape index (κ1) is 29.6. The number of nitrogens with one attached hydrogen (secondary N) is 1. The number of amides is 1. The monoisotopic (exact) mass is 622 g/mol. The predicted octanol–water partition coefficient (Wildman–Crippen LogP) is 3.13. The number of ether oxygens (including phenoxy) is 2. The summed E-state index contributed by atoms with van der Waals surface area (Å²) in [4.78, 5) is 17.2. The number of fused-ring (bicyclic) bond motifs is 1. The number of allylic oxidation sites excluding steroid dienone is 1. The van der Waals surface area contributed by atoms with E-state index in [2.05, 4.69) is 10.3 Å². The van der Waals surface area contributed by atoms with Crippen LogP contribution in [0.2, 0.25) is 0 Å². The fourth-order valence-corrected chi connectivity index (χ4v) is 8.92. The molecule has 4 saturated carbocycles. The molecule has 6 N–H and O–H groups in total. The maximum atomic E-state index is 12.8. The molecular formula is C33H38N2O8S. The molecule has 4 bridgehead atoms. The highest BCUT2D eigenvalue weighted by atomic mass is 32.1. The zero-order chi connectivity index (χ0) is 30.5. The van der Waals surface area contributed by atoms with Crippen LogP contribution in [0.25, 0.3) is 16.0 Å². The van der Waals surface area contributed by atoms with Crippen LogP contribution in [0.5, 0.6) is 5.75 Å². The number of phenols is 1. The number of aromatic nitrogens is 1. The summed E-state index contributed by atoms with van der Waals surface area (Å²) in [6.45, 7) is 0.0881. The van der Waals surface area contributed by atoms with E-state index in [-0.39, 0.29) is 18.3 Å². The highest BCUT2D eigenvalue weighted by Crippen LogP contribution is 2.58. The average Bonchev–Trinajstić information content (AvgIpc) is 3.44. The molecule has 5 aliphatic rings. The van der Waals surface area contributed by atoms with Crippen molar-refractivity contribution in [2.75, 3.05) is 19.8 Å². The molecule has 234 valence electrons. The highest BCUT2D eigenvalue weighted by Gasteiger charge is 2.47. The molecule has 0 unspecified atom stereocenters. The first-order chi connectivity index (χ1) is 21.3. The number of benzene rings is 2. The first-order valence-electron chi connectivity index (χ1n) is 15.4. The van der Waals surface area contributed by atoms with Gasteiger partial charge in [0.1, 0.15) is 48.6 Å². The molecule has 3 aromatic rings. The van der Waals surface area contributed by atoms with Crippen molar-refractivity contribution in [3.8, 4) is 5.75 Å². The van der Waals surface area contributed by atoms with Crippen molar-refractivity contribution in [3.63, 3.8) is 0 Å². The van der Waals surface area contributed by atoms with Gasteiger partial charge in [-0.25, -0.2) is 4.98 Å². The second-order valence-electron chi connectivity index (χ2n) is 12.7. The van der Waals surface area contributed by atoms with Crippen molar-refractivity contribution in [2.45, 2.75) is 62.6 Å². The average molecular weight is 623 g/mol. The van der Waals surface area contributed by atoms with Crippen molar-refractivity contribution in [3.05, 3.63) is 64.2 Å². The van der Waals surface area contributed by atoms with Gasteiger partial charge in [-0.1, -0.05) is 24.3 Å². The lowest BCUT2D eigenvalue weighted by atomic mass is 9.54.